The van der Waals surface area contributed by atoms with Crippen molar-refractivity contribution in [2.24, 2.45) is 5.92 Å². The Morgan fingerprint density at radius 2 is 2.00 bits per heavy atom. The van der Waals surface area contributed by atoms with E-state index < -0.39 is 0 Å². The van der Waals surface area contributed by atoms with Crippen LogP contribution in [0.5, 0.6) is 0 Å². The molecule has 0 aromatic heterocycles. The van der Waals surface area contributed by atoms with Gasteiger partial charge in [0, 0.05) is 10.4 Å². The molecule has 0 N–H and O–H groups in total. The summed E-state index contributed by atoms with van der Waals surface area (Å²) in [5.74, 6) is 0.0307. The topological polar surface area (TPSA) is 0 Å². The number of alkyl halides is 1. The molecule has 0 saturated carbocycles. The molecule has 14 heavy (non-hydrogen) atoms. The summed E-state index contributed by atoms with van der Waals surface area (Å²) in [7, 11) is 0. The quantitative estimate of drug-likeness (QED) is 0.685. The molecule has 1 aromatic rings. The molecule has 0 amide bonds. The van der Waals surface area contributed by atoms with Gasteiger partial charge < -0.3 is 0 Å². The van der Waals surface area contributed by atoms with Gasteiger partial charge in [0.2, 0.25) is 0 Å². The van der Waals surface area contributed by atoms with E-state index in [4.69, 9.17) is 23.2 Å². The minimum atomic E-state index is -0.210. The van der Waals surface area contributed by atoms with E-state index in [-0.39, 0.29) is 17.1 Å². The molecule has 2 atom stereocenters. The monoisotopic (exact) mass is 234 g/mol. The van der Waals surface area contributed by atoms with E-state index in [2.05, 4.69) is 0 Å². The Morgan fingerprint density at radius 3 is 2.57 bits per heavy atom. The van der Waals surface area contributed by atoms with Crippen molar-refractivity contribution in [3.63, 3.8) is 0 Å². The maximum absolute atomic E-state index is 13.3. The molecule has 1 rings (SSSR count). The van der Waals surface area contributed by atoms with Crippen LogP contribution in [0.3, 0.4) is 0 Å². The standard InChI is InChI=1S/C11H13Cl2F/c1-7(8(2)12)5-9-6-10(13)3-4-11(9)14/h3-4,6-8H,5H2,1-2H3. The average Bonchev–Trinajstić information content (AvgIpc) is 2.11. The Bertz CT molecular complexity index is 310. The van der Waals surface area contributed by atoms with Crippen molar-refractivity contribution in [2.75, 3.05) is 0 Å². The van der Waals surface area contributed by atoms with Gasteiger partial charge in [-0.3, -0.25) is 0 Å². The Hall–Kier alpha value is -0.270. The molecule has 0 aliphatic rings. The summed E-state index contributed by atoms with van der Waals surface area (Å²) in [5.41, 5.74) is 0.637. The number of hydrogen-bond acceptors (Lipinski definition) is 0. The molecule has 78 valence electrons. The van der Waals surface area contributed by atoms with E-state index in [1.165, 1.54) is 6.07 Å². The van der Waals surface area contributed by atoms with Crippen LogP contribution in [-0.4, -0.2) is 5.38 Å². The van der Waals surface area contributed by atoms with Gasteiger partial charge in [0.1, 0.15) is 5.82 Å². The predicted molar refractivity (Wildman–Crippen MR) is 59.6 cm³/mol. The molecule has 0 saturated heterocycles. The van der Waals surface area contributed by atoms with Crippen LogP contribution in [0.15, 0.2) is 18.2 Å². The molecule has 0 heterocycles. The molecule has 2 unspecified atom stereocenters. The van der Waals surface area contributed by atoms with Gasteiger partial charge in [-0.1, -0.05) is 18.5 Å². The summed E-state index contributed by atoms with van der Waals surface area (Å²) >= 11 is 11.7. The van der Waals surface area contributed by atoms with E-state index in [0.717, 1.165) is 0 Å². The lowest BCUT2D eigenvalue weighted by atomic mass is 9.98. The smallest absolute Gasteiger partial charge is 0.126 e. The normalized spacial score (nSPS) is 15.2. The van der Waals surface area contributed by atoms with Gasteiger partial charge in [-0.25, -0.2) is 4.39 Å². The van der Waals surface area contributed by atoms with Crippen molar-refractivity contribution in [1.82, 2.24) is 0 Å². The van der Waals surface area contributed by atoms with Crippen molar-refractivity contribution in [3.05, 3.63) is 34.6 Å². The highest BCUT2D eigenvalue weighted by Gasteiger charge is 2.12. The fourth-order valence-electron chi connectivity index (χ4n) is 1.21. The van der Waals surface area contributed by atoms with Crippen LogP contribution >= 0.6 is 23.2 Å². The Kier molecular flexibility index (Phi) is 4.21. The van der Waals surface area contributed by atoms with Crippen molar-refractivity contribution in [3.8, 4) is 0 Å². The van der Waals surface area contributed by atoms with Gasteiger partial charge in [0.15, 0.2) is 0 Å². The zero-order valence-electron chi connectivity index (χ0n) is 8.23. The lowest BCUT2D eigenvalue weighted by molar-refractivity contribution is 0.536. The zero-order valence-corrected chi connectivity index (χ0v) is 9.74. The van der Waals surface area contributed by atoms with E-state index in [0.29, 0.717) is 17.0 Å². The molecule has 0 fully saturated rings. The first-order valence-electron chi connectivity index (χ1n) is 4.58. The molecule has 0 aliphatic heterocycles. The van der Waals surface area contributed by atoms with Crippen LogP contribution in [0.1, 0.15) is 19.4 Å². The van der Waals surface area contributed by atoms with Gasteiger partial charge in [-0.2, -0.15) is 0 Å². The first-order chi connectivity index (χ1) is 6.50. The summed E-state index contributed by atoms with van der Waals surface area (Å²) in [6.07, 6.45) is 0.622. The second-order valence-electron chi connectivity index (χ2n) is 3.59. The average molecular weight is 235 g/mol. The third-order valence-electron chi connectivity index (χ3n) is 2.33. The minimum Gasteiger partial charge on any atom is -0.207 e. The summed E-state index contributed by atoms with van der Waals surface area (Å²) in [4.78, 5) is 0. The number of benzene rings is 1. The van der Waals surface area contributed by atoms with E-state index >= 15 is 0 Å². The minimum absolute atomic E-state index is 0.0355. The summed E-state index contributed by atoms with van der Waals surface area (Å²) in [5, 5.41) is 0.601. The van der Waals surface area contributed by atoms with Gasteiger partial charge in [0.25, 0.3) is 0 Å². The van der Waals surface area contributed by atoms with Crippen molar-refractivity contribution < 1.29 is 4.39 Å². The van der Waals surface area contributed by atoms with Crippen molar-refractivity contribution >= 4 is 23.2 Å². The lowest BCUT2D eigenvalue weighted by Crippen LogP contribution is -2.11. The molecule has 0 aliphatic carbocycles. The Labute approximate surface area is 94.0 Å². The maximum atomic E-state index is 13.3. The number of halogens is 3. The van der Waals surface area contributed by atoms with Crippen molar-refractivity contribution in [1.29, 1.82) is 0 Å². The van der Waals surface area contributed by atoms with Crippen LogP contribution < -0.4 is 0 Å². The van der Waals surface area contributed by atoms with Crippen LogP contribution in [0.4, 0.5) is 4.39 Å². The predicted octanol–water partition coefficient (Wildman–Crippen LogP) is 4.29. The largest absolute Gasteiger partial charge is 0.207 e. The molecule has 0 bridgehead atoms. The van der Waals surface area contributed by atoms with Gasteiger partial charge in [-0.05, 0) is 43.0 Å². The third kappa shape index (κ3) is 3.14. The summed E-state index contributed by atoms with van der Waals surface area (Å²) in [6.45, 7) is 3.91. The van der Waals surface area contributed by atoms with Gasteiger partial charge in [-0.15, -0.1) is 11.6 Å². The Balaban J connectivity index is 2.80. The number of rotatable bonds is 3. The molecular formula is C11H13Cl2F. The van der Waals surface area contributed by atoms with Crippen LogP contribution in [0, 0.1) is 11.7 Å². The van der Waals surface area contributed by atoms with Crippen molar-refractivity contribution in [2.45, 2.75) is 25.6 Å². The van der Waals surface area contributed by atoms with E-state index in [1.54, 1.807) is 12.1 Å². The third-order valence-corrected chi connectivity index (χ3v) is 3.00. The van der Waals surface area contributed by atoms with E-state index in [1.807, 2.05) is 13.8 Å². The van der Waals surface area contributed by atoms with Crippen LogP contribution in [0.2, 0.25) is 5.02 Å². The fraction of sp³-hybridized carbons (Fsp3) is 0.455. The highest BCUT2D eigenvalue weighted by Crippen LogP contribution is 2.21. The van der Waals surface area contributed by atoms with Gasteiger partial charge >= 0.3 is 0 Å². The highest BCUT2D eigenvalue weighted by molar-refractivity contribution is 6.30. The van der Waals surface area contributed by atoms with Crippen LogP contribution in [0.25, 0.3) is 0 Å². The summed E-state index contributed by atoms with van der Waals surface area (Å²) in [6, 6.07) is 4.60. The maximum Gasteiger partial charge on any atom is 0.126 e. The highest BCUT2D eigenvalue weighted by atomic mass is 35.5. The van der Waals surface area contributed by atoms with E-state index in [9.17, 15) is 4.39 Å². The fourth-order valence-corrected chi connectivity index (χ4v) is 1.49. The van der Waals surface area contributed by atoms with Crippen LogP contribution in [-0.2, 0) is 6.42 Å². The second-order valence-corrected chi connectivity index (χ2v) is 4.72. The second kappa shape index (κ2) is 4.99. The molecule has 1 aromatic carbocycles. The lowest BCUT2D eigenvalue weighted by Gasteiger charge is -2.14. The molecule has 3 heteroatoms. The molecule has 0 nitrogen and oxygen atoms in total. The van der Waals surface area contributed by atoms with Gasteiger partial charge in [0.05, 0.1) is 0 Å². The molecule has 0 spiro atoms. The molecule has 0 radical (unpaired) electrons. The summed E-state index contributed by atoms with van der Waals surface area (Å²) < 4.78 is 13.3. The Morgan fingerprint density at radius 1 is 1.36 bits per heavy atom. The first kappa shape index (κ1) is 11.8. The first-order valence-corrected chi connectivity index (χ1v) is 5.40. The molecular weight excluding hydrogens is 222 g/mol. The number of hydrogen-bond donors (Lipinski definition) is 0. The SMILES string of the molecule is CC(Cl)C(C)Cc1cc(Cl)ccc1F. The zero-order chi connectivity index (χ0) is 10.7.